The molecule has 0 spiro atoms. The maximum atomic E-state index is 4.60. The van der Waals surface area contributed by atoms with Crippen LogP contribution in [0.15, 0.2) is 88.4 Å². The second-order valence-corrected chi connectivity index (χ2v) is 7.36. The number of anilines is 1. The maximum Gasteiger partial charge on any atom is 0.265 e. The van der Waals surface area contributed by atoms with Crippen molar-refractivity contribution in [1.29, 1.82) is 0 Å². The van der Waals surface area contributed by atoms with Crippen LogP contribution in [0, 0.1) is 0 Å². The fourth-order valence-corrected chi connectivity index (χ4v) is 3.44. The molecule has 0 saturated carbocycles. The molecule has 2 heterocycles. The van der Waals surface area contributed by atoms with Crippen LogP contribution in [0.1, 0.15) is 11.1 Å². The minimum atomic E-state index is 0.328. The largest absolute Gasteiger partial charge is 0.338 e. The van der Waals surface area contributed by atoms with Gasteiger partial charge < -0.3 is 4.98 Å². The molecule has 5 aromatic rings. The van der Waals surface area contributed by atoms with Gasteiger partial charge in [0.1, 0.15) is 5.52 Å². The van der Waals surface area contributed by atoms with Crippen molar-refractivity contribution in [3.05, 3.63) is 94.5 Å². The van der Waals surface area contributed by atoms with Gasteiger partial charge in [-0.3, -0.25) is 0 Å². The zero-order valence-electron chi connectivity index (χ0n) is 15.2. The minimum Gasteiger partial charge on any atom is -0.338 e. The highest BCUT2D eigenvalue weighted by Crippen LogP contribution is 2.22. The summed E-state index contributed by atoms with van der Waals surface area (Å²) in [5.41, 5.74) is 8.11. The number of fused-ring (bicyclic) bond motifs is 3. The molecule has 0 fully saturated rings. The van der Waals surface area contributed by atoms with Gasteiger partial charge in [0, 0.05) is 26.5 Å². The second-order valence-electron chi connectivity index (χ2n) is 6.45. The Morgan fingerprint density at radius 2 is 1.55 bits per heavy atom. The normalized spacial score (nSPS) is 11.8. The summed E-state index contributed by atoms with van der Waals surface area (Å²) in [6, 6.07) is 25.9. The van der Waals surface area contributed by atoms with E-state index in [1.165, 1.54) is 0 Å². The standard InChI is InChI=1S/C22H15BrN6/c23-16-12-10-15(11-13-16)19(14-6-2-1-3-7-14)26-28-22-25-21-20(27-29-22)17-8-4-5-9-18(17)24-21/h1-13H,(H2,24,25,28,29)/b26-19-. The van der Waals surface area contributed by atoms with Crippen LogP contribution >= 0.6 is 15.9 Å². The van der Waals surface area contributed by atoms with Crippen molar-refractivity contribution in [2.24, 2.45) is 5.10 Å². The van der Waals surface area contributed by atoms with E-state index >= 15 is 0 Å². The number of rotatable bonds is 4. The van der Waals surface area contributed by atoms with Crippen LogP contribution in [0.3, 0.4) is 0 Å². The van der Waals surface area contributed by atoms with E-state index in [0.29, 0.717) is 11.6 Å². The summed E-state index contributed by atoms with van der Waals surface area (Å²) in [6.45, 7) is 0. The van der Waals surface area contributed by atoms with Gasteiger partial charge in [-0.2, -0.15) is 10.1 Å². The first kappa shape index (κ1) is 17.5. The molecule has 6 nitrogen and oxygen atoms in total. The molecule has 29 heavy (non-hydrogen) atoms. The lowest BCUT2D eigenvalue weighted by Crippen LogP contribution is -2.08. The number of para-hydroxylation sites is 1. The van der Waals surface area contributed by atoms with Gasteiger partial charge in [-0.1, -0.05) is 76.6 Å². The summed E-state index contributed by atoms with van der Waals surface area (Å²) in [5.74, 6) is 0.328. The Bertz CT molecular complexity index is 1330. The second kappa shape index (κ2) is 7.44. The fourth-order valence-electron chi connectivity index (χ4n) is 3.17. The van der Waals surface area contributed by atoms with Crippen molar-refractivity contribution in [2.45, 2.75) is 0 Å². The third-order valence-corrected chi connectivity index (χ3v) is 5.08. The van der Waals surface area contributed by atoms with Crippen LogP contribution < -0.4 is 5.43 Å². The molecule has 0 unspecified atom stereocenters. The Morgan fingerprint density at radius 1 is 0.828 bits per heavy atom. The van der Waals surface area contributed by atoms with E-state index in [4.69, 9.17) is 0 Å². The Kier molecular flexibility index (Phi) is 4.50. The van der Waals surface area contributed by atoms with Crippen molar-refractivity contribution >= 4 is 49.7 Å². The van der Waals surface area contributed by atoms with Crippen LogP contribution in [0.2, 0.25) is 0 Å². The third-order valence-electron chi connectivity index (χ3n) is 4.55. The van der Waals surface area contributed by atoms with Crippen LogP contribution in [0.5, 0.6) is 0 Å². The summed E-state index contributed by atoms with van der Waals surface area (Å²) in [7, 11) is 0. The minimum absolute atomic E-state index is 0.328. The van der Waals surface area contributed by atoms with E-state index in [9.17, 15) is 0 Å². The van der Waals surface area contributed by atoms with Crippen molar-refractivity contribution in [1.82, 2.24) is 20.2 Å². The van der Waals surface area contributed by atoms with E-state index in [1.807, 2.05) is 78.9 Å². The van der Waals surface area contributed by atoms with Crippen LogP contribution in [-0.4, -0.2) is 25.9 Å². The molecule has 3 aromatic carbocycles. The number of hydrazone groups is 1. The van der Waals surface area contributed by atoms with Crippen molar-refractivity contribution < 1.29 is 0 Å². The van der Waals surface area contributed by atoms with Crippen molar-refractivity contribution in [2.75, 3.05) is 5.43 Å². The molecular weight excluding hydrogens is 428 g/mol. The molecule has 140 valence electrons. The molecule has 0 aliphatic heterocycles. The predicted molar refractivity (Wildman–Crippen MR) is 119 cm³/mol. The lowest BCUT2D eigenvalue weighted by Gasteiger charge is -2.08. The van der Waals surface area contributed by atoms with Gasteiger partial charge in [0.15, 0.2) is 5.65 Å². The van der Waals surface area contributed by atoms with Crippen LogP contribution in [0.4, 0.5) is 5.95 Å². The van der Waals surface area contributed by atoms with Crippen molar-refractivity contribution in [3.63, 3.8) is 0 Å². The van der Waals surface area contributed by atoms with E-state index in [1.54, 1.807) is 0 Å². The van der Waals surface area contributed by atoms with Gasteiger partial charge in [0.2, 0.25) is 0 Å². The molecule has 0 saturated heterocycles. The summed E-state index contributed by atoms with van der Waals surface area (Å²) < 4.78 is 1.01. The van der Waals surface area contributed by atoms with Gasteiger partial charge in [0.25, 0.3) is 5.95 Å². The van der Waals surface area contributed by atoms with Gasteiger partial charge in [-0.25, -0.2) is 5.43 Å². The van der Waals surface area contributed by atoms with E-state index < -0.39 is 0 Å². The molecule has 0 aliphatic rings. The van der Waals surface area contributed by atoms with Gasteiger partial charge in [-0.05, 0) is 18.2 Å². The summed E-state index contributed by atoms with van der Waals surface area (Å²) in [5, 5.41) is 14.1. The quantitative estimate of drug-likeness (QED) is 0.298. The average Bonchev–Trinajstić information content (AvgIpc) is 3.14. The highest BCUT2D eigenvalue weighted by Gasteiger charge is 2.10. The molecule has 5 rings (SSSR count). The van der Waals surface area contributed by atoms with Gasteiger partial charge >= 0.3 is 0 Å². The number of nitrogens with zero attached hydrogens (tertiary/aromatic N) is 4. The van der Waals surface area contributed by atoms with E-state index in [0.717, 1.165) is 37.7 Å². The predicted octanol–water partition coefficient (Wildman–Crippen LogP) is 5.13. The lowest BCUT2D eigenvalue weighted by molar-refractivity contribution is 1.01. The van der Waals surface area contributed by atoms with Crippen LogP contribution in [0.25, 0.3) is 22.1 Å². The number of halogens is 1. The SMILES string of the molecule is Brc1ccc(/C(=N\Nc2nnc3c(n2)[nH]c2ccccc23)c2ccccc2)cc1. The Morgan fingerprint density at radius 3 is 2.38 bits per heavy atom. The first-order chi connectivity index (χ1) is 14.3. The number of hydrogen-bond donors (Lipinski definition) is 2. The molecule has 0 aliphatic carbocycles. The first-order valence-corrected chi connectivity index (χ1v) is 9.83. The number of aromatic amines is 1. The molecule has 0 bridgehead atoms. The lowest BCUT2D eigenvalue weighted by atomic mass is 10.0. The van der Waals surface area contributed by atoms with Crippen molar-refractivity contribution in [3.8, 4) is 0 Å². The fraction of sp³-hybridized carbons (Fsp3) is 0. The summed E-state index contributed by atoms with van der Waals surface area (Å²) in [6.07, 6.45) is 0. The molecule has 0 amide bonds. The molecule has 0 atom stereocenters. The summed E-state index contributed by atoms with van der Waals surface area (Å²) >= 11 is 3.48. The number of benzene rings is 3. The number of aromatic nitrogens is 4. The monoisotopic (exact) mass is 442 g/mol. The molecule has 7 heteroatoms. The molecule has 0 radical (unpaired) electrons. The highest BCUT2D eigenvalue weighted by molar-refractivity contribution is 9.10. The average molecular weight is 443 g/mol. The molecule has 2 aromatic heterocycles. The Labute approximate surface area is 174 Å². The van der Waals surface area contributed by atoms with Gasteiger partial charge in [-0.15, -0.1) is 10.2 Å². The molecule has 2 N–H and O–H groups in total. The van der Waals surface area contributed by atoms with Gasteiger partial charge in [0.05, 0.1) is 5.71 Å². The topological polar surface area (TPSA) is 78.8 Å². The Hall–Kier alpha value is -3.58. The van der Waals surface area contributed by atoms with E-state index in [-0.39, 0.29) is 0 Å². The smallest absolute Gasteiger partial charge is 0.265 e. The first-order valence-electron chi connectivity index (χ1n) is 9.04. The zero-order chi connectivity index (χ0) is 19.6. The number of nitrogens with one attached hydrogen (secondary N) is 2. The van der Waals surface area contributed by atoms with E-state index in [2.05, 4.69) is 46.6 Å². The number of hydrogen-bond acceptors (Lipinski definition) is 5. The zero-order valence-corrected chi connectivity index (χ0v) is 16.8. The molecular formula is C22H15BrN6. The summed E-state index contributed by atoms with van der Waals surface area (Å²) in [4.78, 5) is 7.80. The Balaban J connectivity index is 1.54. The highest BCUT2D eigenvalue weighted by atomic mass is 79.9. The number of H-pyrrole nitrogens is 1. The third kappa shape index (κ3) is 3.48. The van der Waals surface area contributed by atoms with Crippen LogP contribution in [-0.2, 0) is 0 Å². The maximum absolute atomic E-state index is 4.60.